The average Bonchev–Trinajstić information content (AvgIpc) is 2.54. The third-order valence-corrected chi connectivity index (χ3v) is 3.75. The maximum Gasteiger partial charge on any atom is 0.313 e. The second-order valence-electron chi connectivity index (χ2n) is 2.89. The molecule has 0 saturated carbocycles. The summed E-state index contributed by atoms with van der Waals surface area (Å²) in [6.07, 6.45) is 0.772. The van der Waals surface area contributed by atoms with Crippen molar-refractivity contribution in [2.75, 3.05) is 6.61 Å². The lowest BCUT2D eigenvalue weighted by atomic mass is 10.00. The van der Waals surface area contributed by atoms with Gasteiger partial charge in [-0.15, -0.1) is 0 Å². The highest BCUT2D eigenvalue weighted by Crippen LogP contribution is 2.31. The number of esters is 1. The second-order valence-corrected chi connectivity index (χ2v) is 4.49. The SMILES string of the molecule is CCOC(=O)C(CC)c1cscc1Br. The molecule has 0 fully saturated rings. The first-order chi connectivity index (χ1) is 6.70. The molecule has 0 saturated heterocycles. The third-order valence-electron chi connectivity index (χ3n) is 2.00. The molecule has 0 radical (unpaired) electrons. The fourth-order valence-corrected chi connectivity index (χ4v) is 2.92. The van der Waals surface area contributed by atoms with Gasteiger partial charge in [0.1, 0.15) is 0 Å². The number of carbonyl (C=O) groups excluding carboxylic acids is 1. The van der Waals surface area contributed by atoms with Crippen molar-refractivity contribution in [1.29, 1.82) is 0 Å². The molecular formula is C10H13BrO2S. The molecule has 1 rings (SSSR count). The Hall–Kier alpha value is -0.350. The van der Waals surface area contributed by atoms with Crippen LogP contribution in [0.15, 0.2) is 15.2 Å². The van der Waals surface area contributed by atoms with E-state index in [9.17, 15) is 4.79 Å². The Labute approximate surface area is 96.4 Å². The summed E-state index contributed by atoms with van der Waals surface area (Å²) in [4.78, 5) is 11.6. The summed E-state index contributed by atoms with van der Waals surface area (Å²) in [6, 6.07) is 0. The molecule has 1 aromatic rings. The Morgan fingerprint density at radius 1 is 1.57 bits per heavy atom. The molecule has 0 aliphatic rings. The fourth-order valence-electron chi connectivity index (χ4n) is 1.30. The first kappa shape index (κ1) is 11.7. The van der Waals surface area contributed by atoms with Gasteiger partial charge in [0.2, 0.25) is 0 Å². The molecule has 1 aromatic heterocycles. The largest absolute Gasteiger partial charge is 0.466 e. The second kappa shape index (κ2) is 5.51. The summed E-state index contributed by atoms with van der Waals surface area (Å²) in [5, 5.41) is 3.98. The van der Waals surface area contributed by atoms with Crippen molar-refractivity contribution in [3.63, 3.8) is 0 Å². The number of thiophene rings is 1. The Kier molecular flexibility index (Phi) is 4.62. The zero-order valence-corrected chi connectivity index (χ0v) is 10.7. The molecule has 1 atom stereocenters. The van der Waals surface area contributed by atoms with Crippen LogP contribution in [-0.2, 0) is 9.53 Å². The van der Waals surface area contributed by atoms with Gasteiger partial charge < -0.3 is 4.74 Å². The Morgan fingerprint density at radius 3 is 2.71 bits per heavy atom. The number of hydrogen-bond acceptors (Lipinski definition) is 3. The Balaban J connectivity index is 2.82. The van der Waals surface area contributed by atoms with Crippen LogP contribution in [-0.4, -0.2) is 12.6 Å². The summed E-state index contributed by atoms with van der Waals surface area (Å²) in [5.74, 6) is -0.260. The van der Waals surface area contributed by atoms with Crippen LogP contribution in [0.2, 0.25) is 0 Å². The minimum atomic E-state index is -0.130. The quantitative estimate of drug-likeness (QED) is 0.786. The Morgan fingerprint density at radius 2 is 2.29 bits per heavy atom. The molecule has 14 heavy (non-hydrogen) atoms. The molecule has 0 aromatic carbocycles. The molecule has 0 N–H and O–H groups in total. The maximum absolute atomic E-state index is 11.6. The lowest BCUT2D eigenvalue weighted by Crippen LogP contribution is -2.15. The number of carbonyl (C=O) groups is 1. The van der Waals surface area contributed by atoms with Gasteiger partial charge in [-0.25, -0.2) is 0 Å². The Bertz CT molecular complexity index is 309. The standard InChI is InChI=1S/C10H13BrO2S/c1-3-7(10(12)13-4-2)8-5-14-6-9(8)11/h5-7H,3-4H2,1-2H3. The van der Waals surface area contributed by atoms with Gasteiger partial charge in [0, 0.05) is 9.85 Å². The van der Waals surface area contributed by atoms with Crippen molar-refractivity contribution in [3.05, 3.63) is 20.8 Å². The molecule has 0 aliphatic carbocycles. The summed E-state index contributed by atoms with van der Waals surface area (Å²) in [5.41, 5.74) is 1.04. The minimum absolute atomic E-state index is 0.129. The van der Waals surface area contributed by atoms with E-state index >= 15 is 0 Å². The third kappa shape index (κ3) is 2.58. The van der Waals surface area contributed by atoms with Crippen LogP contribution in [0.5, 0.6) is 0 Å². The predicted octanol–water partition coefficient (Wildman–Crippen LogP) is 3.57. The highest BCUT2D eigenvalue weighted by atomic mass is 79.9. The molecule has 78 valence electrons. The zero-order chi connectivity index (χ0) is 10.6. The van der Waals surface area contributed by atoms with Gasteiger partial charge in [0.25, 0.3) is 0 Å². The van der Waals surface area contributed by atoms with E-state index < -0.39 is 0 Å². The van der Waals surface area contributed by atoms with E-state index in [-0.39, 0.29) is 11.9 Å². The van der Waals surface area contributed by atoms with Gasteiger partial charge in [0.15, 0.2) is 0 Å². The smallest absolute Gasteiger partial charge is 0.313 e. The molecule has 1 unspecified atom stereocenters. The minimum Gasteiger partial charge on any atom is -0.466 e. The van der Waals surface area contributed by atoms with Crippen LogP contribution in [0, 0.1) is 0 Å². The van der Waals surface area contributed by atoms with Gasteiger partial charge in [0.05, 0.1) is 12.5 Å². The van der Waals surface area contributed by atoms with Crippen molar-refractivity contribution in [2.45, 2.75) is 26.2 Å². The van der Waals surface area contributed by atoms with Crippen LogP contribution >= 0.6 is 27.3 Å². The van der Waals surface area contributed by atoms with Crippen LogP contribution in [0.4, 0.5) is 0 Å². The molecule has 0 aliphatic heterocycles. The molecule has 0 spiro atoms. The van der Waals surface area contributed by atoms with E-state index in [0.29, 0.717) is 6.61 Å². The van der Waals surface area contributed by atoms with E-state index in [1.807, 2.05) is 24.6 Å². The molecule has 1 heterocycles. The van der Waals surface area contributed by atoms with Gasteiger partial charge in [-0.05, 0) is 40.2 Å². The van der Waals surface area contributed by atoms with Gasteiger partial charge in [-0.1, -0.05) is 6.92 Å². The van der Waals surface area contributed by atoms with E-state index in [1.165, 1.54) is 0 Å². The summed E-state index contributed by atoms with van der Waals surface area (Å²) in [7, 11) is 0. The van der Waals surface area contributed by atoms with E-state index in [4.69, 9.17) is 4.74 Å². The van der Waals surface area contributed by atoms with Crippen molar-refractivity contribution in [2.24, 2.45) is 0 Å². The highest BCUT2D eigenvalue weighted by molar-refractivity contribution is 9.10. The maximum atomic E-state index is 11.6. The van der Waals surface area contributed by atoms with Crippen LogP contribution in [0.25, 0.3) is 0 Å². The molecule has 0 amide bonds. The summed E-state index contributed by atoms with van der Waals surface area (Å²) >= 11 is 5.02. The van der Waals surface area contributed by atoms with Crippen molar-refractivity contribution in [1.82, 2.24) is 0 Å². The number of ether oxygens (including phenoxy) is 1. The lowest BCUT2D eigenvalue weighted by molar-refractivity contribution is -0.145. The molecular weight excluding hydrogens is 264 g/mol. The summed E-state index contributed by atoms with van der Waals surface area (Å²) < 4.78 is 6.02. The van der Waals surface area contributed by atoms with Gasteiger partial charge in [-0.3, -0.25) is 4.79 Å². The van der Waals surface area contributed by atoms with E-state index in [2.05, 4.69) is 15.9 Å². The first-order valence-corrected chi connectivity index (χ1v) is 6.32. The first-order valence-electron chi connectivity index (χ1n) is 4.58. The van der Waals surface area contributed by atoms with Gasteiger partial charge in [-0.2, -0.15) is 11.3 Å². The molecule has 2 nitrogen and oxygen atoms in total. The van der Waals surface area contributed by atoms with Crippen molar-refractivity contribution >= 4 is 33.2 Å². The normalized spacial score (nSPS) is 12.5. The van der Waals surface area contributed by atoms with Crippen LogP contribution < -0.4 is 0 Å². The fraction of sp³-hybridized carbons (Fsp3) is 0.500. The topological polar surface area (TPSA) is 26.3 Å². The van der Waals surface area contributed by atoms with E-state index in [0.717, 1.165) is 16.5 Å². The zero-order valence-electron chi connectivity index (χ0n) is 8.25. The number of hydrogen-bond donors (Lipinski definition) is 0. The van der Waals surface area contributed by atoms with Crippen molar-refractivity contribution in [3.8, 4) is 0 Å². The predicted molar refractivity (Wildman–Crippen MR) is 61.7 cm³/mol. The van der Waals surface area contributed by atoms with Gasteiger partial charge >= 0.3 is 5.97 Å². The molecule has 4 heteroatoms. The van der Waals surface area contributed by atoms with Crippen LogP contribution in [0.1, 0.15) is 31.7 Å². The number of rotatable bonds is 4. The summed E-state index contributed by atoms with van der Waals surface area (Å²) in [6.45, 7) is 4.26. The molecule has 0 bridgehead atoms. The lowest BCUT2D eigenvalue weighted by Gasteiger charge is -2.12. The van der Waals surface area contributed by atoms with Crippen LogP contribution in [0.3, 0.4) is 0 Å². The van der Waals surface area contributed by atoms with Crippen molar-refractivity contribution < 1.29 is 9.53 Å². The monoisotopic (exact) mass is 276 g/mol. The number of halogens is 1. The van der Waals surface area contributed by atoms with E-state index in [1.54, 1.807) is 11.3 Å². The highest BCUT2D eigenvalue weighted by Gasteiger charge is 2.22. The average molecular weight is 277 g/mol.